The first-order chi connectivity index (χ1) is 29.1. The number of nitrogens with zero attached hydrogens (tertiary/aromatic N) is 5. The standard InChI is InChI=1S/C55H51N5O/c1-53(2,3)37-26-27-57-51(32-37)60-48-22-12-11-20-46(48)47-25-24-44(34-50(47)60)61-43-19-14-18-41(33-43)58-35-59(42-30-38(54(4,5)6)29-39(31-42)55(7,8)9)52-45(21-15-23-49(52)58)36-16-13-17-40(28-36)56-10/h11-34H,1-9H3/q+2. The Morgan fingerprint density at radius 1 is 0.574 bits per heavy atom. The van der Waals surface area contributed by atoms with Crippen LogP contribution in [0.3, 0.4) is 0 Å². The number of rotatable bonds is 6. The molecule has 0 atom stereocenters. The minimum atomic E-state index is -0.0717. The number of fused-ring (bicyclic) bond motifs is 4. The Labute approximate surface area is 359 Å². The summed E-state index contributed by atoms with van der Waals surface area (Å²) in [4.78, 5) is 8.63. The van der Waals surface area contributed by atoms with E-state index in [9.17, 15) is 0 Å². The molecule has 300 valence electrons. The van der Waals surface area contributed by atoms with Crippen LogP contribution in [0.4, 0.5) is 28.4 Å². The van der Waals surface area contributed by atoms with E-state index in [2.05, 4.69) is 196 Å². The van der Waals surface area contributed by atoms with Crippen LogP contribution in [0.1, 0.15) is 79.0 Å². The molecule has 6 nitrogen and oxygen atoms in total. The van der Waals surface area contributed by atoms with E-state index in [1.807, 2.05) is 36.5 Å². The highest BCUT2D eigenvalue weighted by Gasteiger charge is 2.40. The van der Waals surface area contributed by atoms with Gasteiger partial charge in [0.25, 0.3) is 5.69 Å². The summed E-state index contributed by atoms with van der Waals surface area (Å²) in [5.41, 5.74) is 12.2. The Morgan fingerprint density at radius 2 is 1.26 bits per heavy atom. The fourth-order valence-electron chi connectivity index (χ4n) is 8.21. The Hall–Kier alpha value is -7.06. The van der Waals surface area contributed by atoms with Crippen molar-refractivity contribution in [1.82, 2.24) is 18.7 Å². The lowest BCUT2D eigenvalue weighted by atomic mass is 9.80. The van der Waals surface area contributed by atoms with Crippen molar-refractivity contribution in [2.75, 3.05) is 0 Å². The van der Waals surface area contributed by atoms with Crippen molar-refractivity contribution >= 4 is 56.3 Å². The molecule has 6 aromatic carbocycles. The number of ether oxygens (including phenoxy) is 1. The van der Waals surface area contributed by atoms with Crippen LogP contribution in [0, 0.1) is 6.57 Å². The summed E-state index contributed by atoms with van der Waals surface area (Å²) in [6.45, 7) is 28.0. The largest absolute Gasteiger partial charge is 0.503 e. The quantitative estimate of drug-likeness (QED) is 0.124. The third-order valence-electron chi connectivity index (χ3n) is 11.7. The SMILES string of the molecule is [C-]#[N+]c1cccc(-c2cccc3c2[N+](c2cc(C(C)(C)C)cc(C(C)(C)C)c2)=C=[N+]3c2cccc(Oc3ccc4c5ccccc5n(-c5cc(C(C)(C)C)ccn5)c4c3)c2)c1. The van der Waals surface area contributed by atoms with E-state index in [1.165, 1.54) is 22.1 Å². The number of aromatic nitrogens is 2. The van der Waals surface area contributed by atoms with E-state index in [0.29, 0.717) is 11.4 Å². The molecule has 1 aliphatic rings. The molecule has 3 heterocycles. The van der Waals surface area contributed by atoms with Crippen molar-refractivity contribution < 1.29 is 4.74 Å². The number of para-hydroxylation sites is 2. The highest BCUT2D eigenvalue weighted by molar-refractivity contribution is 6.09. The molecule has 0 N–H and O–H groups in total. The average Bonchev–Trinajstić information content (AvgIpc) is 3.79. The van der Waals surface area contributed by atoms with Crippen molar-refractivity contribution in [3.8, 4) is 28.4 Å². The summed E-state index contributed by atoms with van der Waals surface area (Å²) >= 11 is 0. The van der Waals surface area contributed by atoms with Crippen molar-refractivity contribution in [3.05, 3.63) is 174 Å². The van der Waals surface area contributed by atoms with Gasteiger partial charge in [-0.3, -0.25) is 4.57 Å². The van der Waals surface area contributed by atoms with E-state index < -0.39 is 0 Å². The van der Waals surface area contributed by atoms with Gasteiger partial charge in [-0.05, 0) is 96.2 Å². The molecule has 0 aliphatic carbocycles. The molecule has 0 amide bonds. The number of pyridine rings is 1. The average molecular weight is 798 g/mol. The zero-order chi connectivity index (χ0) is 42.8. The van der Waals surface area contributed by atoms with E-state index in [0.717, 1.165) is 61.9 Å². The molecule has 2 aromatic heterocycles. The van der Waals surface area contributed by atoms with Gasteiger partial charge in [0.15, 0.2) is 5.69 Å². The van der Waals surface area contributed by atoms with E-state index >= 15 is 0 Å². The smallest absolute Gasteiger partial charge is 0.457 e. The fraction of sp³-hybridized carbons (Fsp3) is 0.218. The zero-order valence-corrected chi connectivity index (χ0v) is 36.5. The minimum Gasteiger partial charge on any atom is -0.457 e. The maximum atomic E-state index is 7.76. The van der Waals surface area contributed by atoms with Crippen molar-refractivity contribution in [2.24, 2.45) is 0 Å². The molecular weight excluding hydrogens is 747 g/mol. The molecule has 6 heteroatoms. The Kier molecular flexibility index (Phi) is 9.42. The van der Waals surface area contributed by atoms with Gasteiger partial charge in [0.1, 0.15) is 17.3 Å². The Morgan fingerprint density at radius 3 is 2.00 bits per heavy atom. The third kappa shape index (κ3) is 7.33. The van der Waals surface area contributed by atoms with Crippen molar-refractivity contribution in [2.45, 2.75) is 78.6 Å². The summed E-state index contributed by atoms with van der Waals surface area (Å²) in [5, 5.41) is 2.31. The van der Waals surface area contributed by atoms with E-state index in [1.54, 1.807) is 0 Å². The predicted octanol–water partition coefficient (Wildman–Crippen LogP) is 14.9. The van der Waals surface area contributed by atoms with Crippen molar-refractivity contribution in [1.29, 1.82) is 0 Å². The van der Waals surface area contributed by atoms with Gasteiger partial charge in [-0.1, -0.05) is 117 Å². The maximum absolute atomic E-state index is 7.76. The summed E-state index contributed by atoms with van der Waals surface area (Å²) in [5.74, 6) is 2.32. The van der Waals surface area contributed by atoms with Crippen LogP contribution in [0.15, 0.2) is 146 Å². The van der Waals surface area contributed by atoms with E-state index in [4.69, 9.17) is 16.3 Å². The summed E-state index contributed by atoms with van der Waals surface area (Å²) in [6.07, 6.45) is 1.91. The molecule has 8 aromatic rings. The first-order valence-electron chi connectivity index (χ1n) is 21.0. The molecule has 0 unspecified atom stereocenters. The van der Waals surface area contributed by atoms with Gasteiger partial charge >= 0.3 is 11.7 Å². The van der Waals surface area contributed by atoms with Gasteiger partial charge in [-0.15, -0.1) is 0 Å². The second-order valence-electron chi connectivity index (χ2n) is 19.2. The molecule has 0 saturated heterocycles. The van der Waals surface area contributed by atoms with Crippen LogP contribution in [-0.4, -0.2) is 15.6 Å². The molecule has 61 heavy (non-hydrogen) atoms. The van der Waals surface area contributed by atoms with Gasteiger partial charge < -0.3 is 4.74 Å². The zero-order valence-electron chi connectivity index (χ0n) is 36.5. The number of hydrogen-bond acceptors (Lipinski definition) is 2. The molecule has 0 spiro atoms. The second kappa shape index (κ2) is 14.6. The molecule has 1 aliphatic heterocycles. The Balaban J connectivity index is 1.19. The second-order valence-corrected chi connectivity index (χ2v) is 19.2. The minimum absolute atomic E-state index is 0.0195. The lowest BCUT2D eigenvalue weighted by Crippen LogP contribution is -2.17. The van der Waals surface area contributed by atoms with Gasteiger partial charge in [-0.25, -0.2) is 9.83 Å². The molecule has 0 fully saturated rings. The summed E-state index contributed by atoms with van der Waals surface area (Å²) in [7, 11) is 0. The van der Waals surface area contributed by atoms with Gasteiger partial charge in [0, 0.05) is 47.3 Å². The van der Waals surface area contributed by atoms with Gasteiger partial charge in [-0.2, -0.15) is 0 Å². The highest BCUT2D eigenvalue weighted by atomic mass is 16.5. The van der Waals surface area contributed by atoms with Crippen LogP contribution in [0.25, 0.3) is 43.6 Å². The summed E-state index contributed by atoms with van der Waals surface area (Å²) in [6, 6.07) is 52.3. The summed E-state index contributed by atoms with van der Waals surface area (Å²) < 4.78 is 13.3. The first kappa shape index (κ1) is 39.4. The van der Waals surface area contributed by atoms with Gasteiger partial charge in [0.05, 0.1) is 29.2 Å². The normalized spacial score (nSPS) is 12.9. The molecular formula is C55H51N5O+2. The monoisotopic (exact) mass is 797 g/mol. The Bertz CT molecular complexity index is 3140. The molecule has 0 bridgehead atoms. The van der Waals surface area contributed by atoms with Gasteiger partial charge in [0.2, 0.25) is 11.4 Å². The topological polar surface area (TPSA) is 37.4 Å². The first-order valence-corrected chi connectivity index (χ1v) is 21.0. The lowest BCUT2D eigenvalue weighted by molar-refractivity contribution is 0.483. The molecule has 0 saturated carbocycles. The number of hydrogen-bond donors (Lipinski definition) is 0. The lowest BCUT2D eigenvalue weighted by Gasteiger charge is -2.24. The van der Waals surface area contributed by atoms with Crippen LogP contribution in [0.5, 0.6) is 11.5 Å². The molecule has 0 radical (unpaired) electrons. The highest BCUT2D eigenvalue weighted by Crippen LogP contribution is 2.45. The molecule has 9 rings (SSSR count). The maximum Gasteiger partial charge on any atom is 0.503 e. The van der Waals surface area contributed by atoms with Crippen LogP contribution >= 0.6 is 0 Å². The predicted molar refractivity (Wildman–Crippen MR) is 254 cm³/mol. The third-order valence-corrected chi connectivity index (χ3v) is 11.7. The van der Waals surface area contributed by atoms with Crippen molar-refractivity contribution in [3.63, 3.8) is 0 Å². The van der Waals surface area contributed by atoms with E-state index in [-0.39, 0.29) is 16.2 Å². The van der Waals surface area contributed by atoms with Crippen LogP contribution < -0.4 is 13.9 Å². The fourth-order valence-corrected chi connectivity index (χ4v) is 8.21. The van der Waals surface area contributed by atoms with Crippen LogP contribution in [-0.2, 0) is 16.2 Å². The van der Waals surface area contributed by atoms with Crippen LogP contribution in [0.2, 0.25) is 0 Å². The number of benzene rings is 6.